The van der Waals surface area contributed by atoms with Gasteiger partial charge in [-0.1, -0.05) is 17.7 Å². The van der Waals surface area contributed by atoms with E-state index in [4.69, 9.17) is 16.3 Å². The molecule has 13 heavy (non-hydrogen) atoms. The topological polar surface area (TPSA) is 9.23 Å². The summed E-state index contributed by atoms with van der Waals surface area (Å²) in [6, 6.07) is 5.89. The van der Waals surface area contributed by atoms with E-state index in [1.165, 1.54) is 24.8 Å². The maximum absolute atomic E-state index is 6.00. The fraction of sp³-hybridized carbons (Fsp3) is 0.455. The van der Waals surface area contributed by atoms with Gasteiger partial charge in [-0.2, -0.15) is 0 Å². The minimum Gasteiger partial charge on any atom is -0.489 e. The van der Waals surface area contributed by atoms with Crippen molar-refractivity contribution >= 4 is 11.6 Å². The maximum atomic E-state index is 6.00. The van der Waals surface area contributed by atoms with Crippen molar-refractivity contribution in [3.05, 3.63) is 28.8 Å². The third-order valence-corrected chi connectivity index (χ3v) is 2.74. The molecule has 2 heteroatoms. The number of rotatable bonds is 2. The SMILES string of the molecule is Cc1ccc(Cl)c(OC2CCC2)c1. The Balaban J connectivity index is 2.13. The van der Waals surface area contributed by atoms with Gasteiger partial charge in [-0.05, 0) is 43.9 Å². The molecule has 1 aliphatic carbocycles. The zero-order valence-corrected chi connectivity index (χ0v) is 8.47. The Hall–Kier alpha value is -0.690. The minimum atomic E-state index is 0.402. The van der Waals surface area contributed by atoms with Crippen LogP contribution in [0.1, 0.15) is 24.8 Å². The zero-order valence-electron chi connectivity index (χ0n) is 7.72. The molecule has 0 bridgehead atoms. The second-order valence-corrected chi connectivity index (χ2v) is 4.01. The van der Waals surface area contributed by atoms with Crippen LogP contribution in [-0.4, -0.2) is 6.10 Å². The first kappa shape index (κ1) is 8.89. The van der Waals surface area contributed by atoms with Crippen molar-refractivity contribution in [3.8, 4) is 5.75 Å². The standard InChI is InChI=1S/C11H13ClO/c1-8-5-6-10(12)11(7-8)13-9-3-2-4-9/h5-7,9H,2-4H2,1H3. The number of halogens is 1. The normalized spacial score (nSPS) is 16.8. The molecule has 0 unspecified atom stereocenters. The summed E-state index contributed by atoms with van der Waals surface area (Å²) < 4.78 is 5.73. The van der Waals surface area contributed by atoms with Crippen LogP contribution in [0.25, 0.3) is 0 Å². The lowest BCUT2D eigenvalue weighted by atomic mass is 9.96. The Labute approximate surface area is 83.7 Å². The van der Waals surface area contributed by atoms with Crippen LogP contribution < -0.4 is 4.74 Å². The molecule has 0 N–H and O–H groups in total. The van der Waals surface area contributed by atoms with Crippen molar-refractivity contribution in [2.24, 2.45) is 0 Å². The van der Waals surface area contributed by atoms with E-state index in [0.717, 1.165) is 10.8 Å². The molecule has 0 radical (unpaired) electrons. The van der Waals surface area contributed by atoms with Crippen LogP contribution in [0.4, 0.5) is 0 Å². The smallest absolute Gasteiger partial charge is 0.138 e. The van der Waals surface area contributed by atoms with Gasteiger partial charge in [0.25, 0.3) is 0 Å². The average molecular weight is 197 g/mol. The largest absolute Gasteiger partial charge is 0.489 e. The molecule has 1 nitrogen and oxygen atoms in total. The second kappa shape index (κ2) is 3.59. The summed E-state index contributed by atoms with van der Waals surface area (Å²) in [5.41, 5.74) is 1.19. The molecule has 0 aromatic heterocycles. The van der Waals surface area contributed by atoms with E-state index in [0.29, 0.717) is 6.10 Å². The first-order valence-corrected chi connectivity index (χ1v) is 5.06. The highest BCUT2D eigenvalue weighted by Gasteiger charge is 2.19. The molecule has 0 atom stereocenters. The molecule has 0 heterocycles. The van der Waals surface area contributed by atoms with Crippen LogP contribution in [0.15, 0.2) is 18.2 Å². The Bertz CT molecular complexity index is 305. The molecular formula is C11H13ClO. The van der Waals surface area contributed by atoms with E-state index < -0.39 is 0 Å². The number of hydrogen-bond donors (Lipinski definition) is 0. The fourth-order valence-corrected chi connectivity index (χ4v) is 1.53. The van der Waals surface area contributed by atoms with Crippen molar-refractivity contribution in [1.82, 2.24) is 0 Å². The Morgan fingerprint density at radius 1 is 1.38 bits per heavy atom. The number of aryl methyl sites for hydroxylation is 1. The molecule has 0 spiro atoms. The molecule has 0 aliphatic heterocycles. The minimum absolute atomic E-state index is 0.402. The zero-order chi connectivity index (χ0) is 9.26. The fourth-order valence-electron chi connectivity index (χ4n) is 1.37. The van der Waals surface area contributed by atoms with Gasteiger partial charge in [-0.3, -0.25) is 0 Å². The van der Waals surface area contributed by atoms with E-state index in [1.807, 2.05) is 25.1 Å². The van der Waals surface area contributed by atoms with Crippen LogP contribution in [0.3, 0.4) is 0 Å². The average Bonchev–Trinajstić information content (AvgIpc) is 2.03. The third kappa shape index (κ3) is 1.97. The Kier molecular flexibility index (Phi) is 2.45. The van der Waals surface area contributed by atoms with Gasteiger partial charge in [0.1, 0.15) is 5.75 Å². The van der Waals surface area contributed by atoms with Gasteiger partial charge in [-0.25, -0.2) is 0 Å². The molecule has 1 fully saturated rings. The summed E-state index contributed by atoms with van der Waals surface area (Å²) >= 11 is 6.00. The number of hydrogen-bond acceptors (Lipinski definition) is 1. The van der Waals surface area contributed by atoms with Gasteiger partial charge in [0, 0.05) is 0 Å². The summed E-state index contributed by atoms with van der Waals surface area (Å²) in [7, 11) is 0. The van der Waals surface area contributed by atoms with Gasteiger partial charge < -0.3 is 4.74 Å². The van der Waals surface area contributed by atoms with Gasteiger partial charge in [-0.15, -0.1) is 0 Å². The number of benzene rings is 1. The summed E-state index contributed by atoms with van der Waals surface area (Å²) in [5, 5.41) is 0.720. The van der Waals surface area contributed by atoms with Crippen LogP contribution in [-0.2, 0) is 0 Å². The van der Waals surface area contributed by atoms with E-state index in [1.54, 1.807) is 0 Å². The molecule has 0 amide bonds. The maximum Gasteiger partial charge on any atom is 0.138 e. The van der Waals surface area contributed by atoms with Crippen LogP contribution in [0.5, 0.6) is 5.75 Å². The molecule has 2 rings (SSSR count). The first-order chi connectivity index (χ1) is 6.25. The first-order valence-electron chi connectivity index (χ1n) is 4.68. The summed E-state index contributed by atoms with van der Waals surface area (Å²) in [4.78, 5) is 0. The molecule has 1 aromatic carbocycles. The lowest BCUT2D eigenvalue weighted by Crippen LogP contribution is -2.24. The molecule has 0 saturated heterocycles. The van der Waals surface area contributed by atoms with Crippen LogP contribution >= 0.6 is 11.6 Å². The van der Waals surface area contributed by atoms with E-state index in [9.17, 15) is 0 Å². The third-order valence-electron chi connectivity index (χ3n) is 2.43. The molecule has 1 aromatic rings. The van der Waals surface area contributed by atoms with Gasteiger partial charge in [0.2, 0.25) is 0 Å². The summed E-state index contributed by atoms with van der Waals surface area (Å²) in [6.07, 6.45) is 4.03. The van der Waals surface area contributed by atoms with Crippen molar-refractivity contribution in [2.45, 2.75) is 32.3 Å². The van der Waals surface area contributed by atoms with Gasteiger partial charge in [0.05, 0.1) is 11.1 Å². The van der Waals surface area contributed by atoms with E-state index in [2.05, 4.69) is 0 Å². The predicted octanol–water partition coefficient (Wildman–Crippen LogP) is 3.58. The van der Waals surface area contributed by atoms with Gasteiger partial charge >= 0.3 is 0 Å². The molecule has 1 saturated carbocycles. The molecule has 1 aliphatic rings. The van der Waals surface area contributed by atoms with Crippen LogP contribution in [0, 0.1) is 6.92 Å². The molecular weight excluding hydrogens is 184 g/mol. The lowest BCUT2D eigenvalue weighted by Gasteiger charge is -2.26. The van der Waals surface area contributed by atoms with Crippen molar-refractivity contribution < 1.29 is 4.74 Å². The number of ether oxygens (including phenoxy) is 1. The van der Waals surface area contributed by atoms with Crippen molar-refractivity contribution in [3.63, 3.8) is 0 Å². The monoisotopic (exact) mass is 196 g/mol. The highest BCUT2D eigenvalue weighted by atomic mass is 35.5. The highest BCUT2D eigenvalue weighted by molar-refractivity contribution is 6.32. The van der Waals surface area contributed by atoms with E-state index >= 15 is 0 Å². The Morgan fingerprint density at radius 3 is 2.77 bits per heavy atom. The quantitative estimate of drug-likeness (QED) is 0.703. The highest BCUT2D eigenvalue weighted by Crippen LogP contribution is 2.30. The Morgan fingerprint density at radius 2 is 2.15 bits per heavy atom. The van der Waals surface area contributed by atoms with Gasteiger partial charge in [0.15, 0.2) is 0 Å². The molecule has 70 valence electrons. The lowest BCUT2D eigenvalue weighted by molar-refractivity contribution is 0.120. The van der Waals surface area contributed by atoms with Crippen molar-refractivity contribution in [1.29, 1.82) is 0 Å². The predicted molar refractivity (Wildman–Crippen MR) is 54.5 cm³/mol. The summed E-state index contributed by atoms with van der Waals surface area (Å²) in [6.45, 7) is 2.05. The summed E-state index contributed by atoms with van der Waals surface area (Å²) in [5.74, 6) is 0.839. The van der Waals surface area contributed by atoms with Crippen LogP contribution in [0.2, 0.25) is 5.02 Å². The van der Waals surface area contributed by atoms with E-state index in [-0.39, 0.29) is 0 Å². The van der Waals surface area contributed by atoms with Crippen molar-refractivity contribution in [2.75, 3.05) is 0 Å². The second-order valence-electron chi connectivity index (χ2n) is 3.60.